The lowest BCUT2D eigenvalue weighted by Crippen LogP contribution is -2.32. The maximum atomic E-state index is 13.4. The zero-order chi connectivity index (χ0) is 53.9. The highest BCUT2D eigenvalue weighted by Gasteiger charge is 2.35. The third-order valence-corrected chi connectivity index (χ3v) is 11.9. The first-order valence-electron chi connectivity index (χ1n) is 23.7. The molecule has 396 valence electrons. The molecular weight excluding hydrogens is 1040 g/mol. The summed E-state index contributed by atoms with van der Waals surface area (Å²) < 4.78 is 59.7. The second-order valence-electron chi connectivity index (χ2n) is 17.7. The second kappa shape index (κ2) is 24.9. The van der Waals surface area contributed by atoms with E-state index in [-0.39, 0.29) is 37.8 Å². The van der Waals surface area contributed by atoms with Gasteiger partial charge in [0.2, 0.25) is 11.8 Å². The number of anilines is 1. The van der Waals surface area contributed by atoms with Gasteiger partial charge in [0.05, 0.1) is 17.1 Å². The number of nitrogens with zero attached hydrogens (tertiary/aromatic N) is 17. The fourth-order valence-corrected chi connectivity index (χ4v) is 8.35. The van der Waals surface area contributed by atoms with Gasteiger partial charge in [0, 0.05) is 110 Å². The fourth-order valence-electron chi connectivity index (χ4n) is 7.76. The van der Waals surface area contributed by atoms with E-state index in [0.29, 0.717) is 76.4 Å². The highest BCUT2D eigenvalue weighted by atomic mass is 35.5. The molecule has 9 aromatic heterocycles. The topological polar surface area (TPSA) is 233 Å². The highest BCUT2D eigenvalue weighted by Crippen LogP contribution is 2.35. The first-order chi connectivity index (χ1) is 35.7. The van der Waals surface area contributed by atoms with Gasteiger partial charge in [0.15, 0.2) is 11.6 Å². The Balaban J connectivity index is 0.000000149. The largest absolute Gasteiger partial charge is 0.367 e. The van der Waals surface area contributed by atoms with E-state index in [9.17, 15) is 17.6 Å². The molecule has 9 aromatic rings. The number of aryl methyl sites for hydroxylation is 6. The van der Waals surface area contributed by atoms with Crippen LogP contribution >= 0.6 is 34.8 Å². The van der Waals surface area contributed by atoms with Crippen molar-refractivity contribution in [2.45, 2.75) is 117 Å². The summed E-state index contributed by atoms with van der Waals surface area (Å²) >= 11 is 17.6. The Kier molecular flexibility index (Phi) is 18.5. The van der Waals surface area contributed by atoms with Crippen molar-refractivity contribution in [3.8, 4) is 29.5 Å². The fraction of sp³-hybridized carbons (Fsp3) is 0.375. The van der Waals surface area contributed by atoms with E-state index >= 15 is 0 Å². The molecule has 0 spiro atoms. The maximum absolute atomic E-state index is 13.4. The van der Waals surface area contributed by atoms with Crippen molar-refractivity contribution in [2.24, 2.45) is 5.73 Å². The van der Waals surface area contributed by atoms with Crippen molar-refractivity contribution in [2.75, 3.05) is 5.32 Å². The molecular formula is C48H55Cl3F4N20. The number of hydrogen-bond donors (Lipinski definition) is 3. The number of aromatic nitrogens is 18. The average molecular weight is 1090 g/mol. The van der Waals surface area contributed by atoms with Gasteiger partial charge >= 0.3 is 0 Å². The van der Waals surface area contributed by atoms with E-state index < -0.39 is 11.8 Å². The van der Waals surface area contributed by atoms with Crippen molar-refractivity contribution < 1.29 is 17.6 Å². The van der Waals surface area contributed by atoms with Crippen LogP contribution in [0, 0.1) is 41.5 Å². The molecule has 2 saturated carbocycles. The van der Waals surface area contributed by atoms with E-state index in [2.05, 4.69) is 70.9 Å². The van der Waals surface area contributed by atoms with Gasteiger partial charge in [-0.05, 0) is 104 Å². The third kappa shape index (κ3) is 16.2. The van der Waals surface area contributed by atoms with Gasteiger partial charge < -0.3 is 11.1 Å². The Labute approximate surface area is 444 Å². The molecule has 20 nitrogen and oxygen atoms in total. The van der Waals surface area contributed by atoms with Crippen molar-refractivity contribution in [1.29, 1.82) is 0 Å². The van der Waals surface area contributed by atoms with Gasteiger partial charge in [-0.2, -0.15) is 60.5 Å². The Morgan fingerprint density at radius 3 is 1.35 bits per heavy atom. The first-order valence-corrected chi connectivity index (χ1v) is 24.8. The quantitative estimate of drug-likeness (QED) is 0.0996. The van der Waals surface area contributed by atoms with Crippen LogP contribution in [-0.4, -0.2) is 113 Å². The molecule has 0 aromatic carbocycles. The molecule has 0 atom stereocenters. The average Bonchev–Trinajstić information content (AvgIpc) is 4.23. The summed E-state index contributed by atoms with van der Waals surface area (Å²) in [4.78, 5) is 25.9. The predicted molar refractivity (Wildman–Crippen MR) is 276 cm³/mol. The molecule has 2 aliphatic rings. The Morgan fingerprint density at radius 1 is 0.547 bits per heavy atom. The zero-order valence-corrected chi connectivity index (χ0v) is 44.1. The van der Waals surface area contributed by atoms with E-state index in [1.807, 2.05) is 71.9 Å². The van der Waals surface area contributed by atoms with Crippen LogP contribution in [-0.2, 0) is 0 Å². The standard InChI is InChI=1S/C18H21F2N7.C12H11ClN6.C9H8Cl2N4.C6H11F2N.C3H4N2/c1-12-10-13(2)27(25-12)17-23-15(11-16(24-17)26-9-3-8-21-26)22-14-4-6-18(19,20)7-5-14;1-8-6-9(2)19(17-8)12-15-10(13)7-11(16-12)18-5-3-4-14-18;1-5-3-6(2)15(14-5)9-12-7(10)4-8(11)13-9;7-6(8)3-1-5(9)2-4-6;1-2-4-5-3-1/h3,8-11,14H,4-7H2,1-2H3,(H,22,23,24);3-7H,1-2H3;3-4H,1-2H3;5H,1-4,9H2;1-3H,(H,4,5). The van der Waals surface area contributed by atoms with Crippen molar-refractivity contribution in [1.82, 2.24) is 89.0 Å². The lowest BCUT2D eigenvalue weighted by atomic mass is 9.92. The van der Waals surface area contributed by atoms with Gasteiger partial charge in [0.25, 0.3) is 17.8 Å². The lowest BCUT2D eigenvalue weighted by molar-refractivity contribution is -0.0377. The number of H-pyrrole nitrogens is 1. The molecule has 0 radical (unpaired) electrons. The zero-order valence-electron chi connectivity index (χ0n) is 41.8. The van der Waals surface area contributed by atoms with Crippen LogP contribution in [0.15, 0.2) is 91.8 Å². The molecule has 9 heterocycles. The molecule has 27 heteroatoms. The van der Waals surface area contributed by atoms with Crippen LogP contribution in [0.1, 0.15) is 85.5 Å². The summed E-state index contributed by atoms with van der Waals surface area (Å²) in [7, 11) is 0. The van der Waals surface area contributed by atoms with Gasteiger partial charge in [-0.15, -0.1) is 0 Å². The number of nitrogens with two attached hydrogens (primary N) is 1. The van der Waals surface area contributed by atoms with Crippen LogP contribution in [0.4, 0.5) is 23.4 Å². The second-order valence-corrected chi connectivity index (χ2v) is 18.9. The SMILES string of the molecule is Cc1cc(C)n(-c2nc(Cl)cc(-n3cccn3)n2)n1.Cc1cc(C)n(-c2nc(Cl)cc(Cl)n2)n1.Cc1cc(C)n(-c2nc(NC3CCC(F)(F)CC3)cc(-n3cccn3)n2)n1.NC1CCC(F)(F)CC1.c1cn[nH]c1. The van der Waals surface area contributed by atoms with Gasteiger partial charge in [-0.1, -0.05) is 34.8 Å². The van der Waals surface area contributed by atoms with Gasteiger partial charge in [0.1, 0.15) is 21.3 Å². The summed E-state index contributed by atoms with van der Waals surface area (Å²) in [6, 6.07) is 16.2. The summed E-state index contributed by atoms with van der Waals surface area (Å²) in [6.07, 6.45) is 11.9. The van der Waals surface area contributed by atoms with Crippen LogP contribution in [0.5, 0.6) is 0 Å². The van der Waals surface area contributed by atoms with Gasteiger partial charge in [-0.3, -0.25) is 5.10 Å². The van der Waals surface area contributed by atoms with Crippen LogP contribution in [0.25, 0.3) is 29.5 Å². The van der Waals surface area contributed by atoms with Crippen molar-refractivity contribution in [3.63, 3.8) is 0 Å². The summed E-state index contributed by atoms with van der Waals surface area (Å²) in [5.74, 6) is -1.98. The minimum Gasteiger partial charge on any atom is -0.367 e. The Bertz CT molecular complexity index is 3150. The first kappa shape index (κ1) is 55.6. The van der Waals surface area contributed by atoms with Crippen molar-refractivity contribution >= 4 is 40.6 Å². The molecule has 11 rings (SSSR count). The number of aromatic amines is 1. The van der Waals surface area contributed by atoms with Crippen molar-refractivity contribution in [3.05, 3.63) is 141 Å². The molecule has 0 amide bonds. The van der Waals surface area contributed by atoms with E-state index in [4.69, 9.17) is 40.5 Å². The molecule has 0 aliphatic heterocycles. The number of halogens is 7. The molecule has 0 saturated heterocycles. The van der Waals surface area contributed by atoms with Gasteiger partial charge in [-0.25, -0.2) is 41.0 Å². The summed E-state index contributed by atoms with van der Waals surface area (Å²) in [5.41, 5.74) is 10.9. The minimum absolute atomic E-state index is 0.0182. The number of nitrogens with one attached hydrogen (secondary N) is 2. The summed E-state index contributed by atoms with van der Waals surface area (Å²) in [5, 5.41) is 31.8. The van der Waals surface area contributed by atoms with Crippen LogP contribution < -0.4 is 11.1 Å². The van der Waals surface area contributed by atoms with E-state index in [1.165, 1.54) is 6.07 Å². The molecule has 75 heavy (non-hydrogen) atoms. The monoisotopic (exact) mass is 1090 g/mol. The predicted octanol–water partition coefficient (Wildman–Crippen LogP) is 10.1. The summed E-state index contributed by atoms with van der Waals surface area (Å²) in [6.45, 7) is 11.5. The minimum atomic E-state index is -2.56. The molecule has 2 fully saturated rings. The lowest BCUT2D eigenvalue weighted by Gasteiger charge is -2.29. The Morgan fingerprint density at radius 2 is 0.973 bits per heavy atom. The smallest absolute Gasteiger partial charge is 0.254 e. The van der Waals surface area contributed by atoms with Crippen LogP contribution in [0.3, 0.4) is 0 Å². The molecule has 4 N–H and O–H groups in total. The van der Waals surface area contributed by atoms with Crippen LogP contribution in [0.2, 0.25) is 15.5 Å². The molecule has 0 unspecified atom stereocenters. The molecule has 2 aliphatic carbocycles. The number of rotatable bonds is 7. The maximum Gasteiger partial charge on any atom is 0.254 e. The number of hydrogen-bond acceptors (Lipinski definition) is 14. The van der Waals surface area contributed by atoms with E-state index in [0.717, 1.165) is 34.2 Å². The Hall–Kier alpha value is -7.15. The molecule has 0 bridgehead atoms. The third-order valence-electron chi connectivity index (χ3n) is 11.3. The highest BCUT2D eigenvalue weighted by molar-refractivity contribution is 6.33. The van der Waals surface area contributed by atoms with E-state index in [1.54, 1.807) is 78.8 Å². The normalized spacial score (nSPS) is 15.0. The number of alkyl halides is 4.